The molecule has 1 aromatic heterocycles. The van der Waals surface area contributed by atoms with Gasteiger partial charge in [0.1, 0.15) is 5.76 Å². The first kappa shape index (κ1) is 17.4. The lowest BCUT2D eigenvalue weighted by atomic mass is 10.2. The molecule has 0 saturated heterocycles. The number of rotatable bonds is 5. The molecule has 1 aromatic carbocycles. The van der Waals surface area contributed by atoms with Crippen molar-refractivity contribution in [3.63, 3.8) is 0 Å². The Morgan fingerprint density at radius 1 is 1.17 bits per heavy atom. The molecular weight excluding hydrogens is 339 g/mol. The Bertz CT molecular complexity index is 726. The average Bonchev–Trinajstić information content (AvgIpc) is 2.93. The van der Waals surface area contributed by atoms with Crippen molar-refractivity contribution in [1.82, 2.24) is 10.6 Å². The monoisotopic (exact) mass is 354 g/mol. The van der Waals surface area contributed by atoms with Gasteiger partial charge >= 0.3 is 0 Å². The van der Waals surface area contributed by atoms with E-state index in [9.17, 15) is 9.59 Å². The molecule has 0 fully saturated rings. The molecule has 7 heteroatoms. The van der Waals surface area contributed by atoms with E-state index in [0.29, 0.717) is 21.4 Å². The zero-order valence-corrected chi connectivity index (χ0v) is 14.2. The summed E-state index contributed by atoms with van der Waals surface area (Å²) in [5.41, 5.74) is 0.632. The highest BCUT2D eigenvalue weighted by atomic mass is 35.5. The van der Waals surface area contributed by atoms with Crippen LogP contribution in [0.15, 0.2) is 34.7 Å². The summed E-state index contributed by atoms with van der Waals surface area (Å²) in [7, 11) is 0. The second-order valence-corrected chi connectivity index (χ2v) is 6.04. The molecule has 0 radical (unpaired) electrons. The molecule has 1 heterocycles. The lowest BCUT2D eigenvalue weighted by Gasteiger charge is -2.08. The zero-order chi connectivity index (χ0) is 17.0. The molecule has 0 bridgehead atoms. The average molecular weight is 355 g/mol. The van der Waals surface area contributed by atoms with E-state index in [4.69, 9.17) is 27.6 Å². The minimum Gasteiger partial charge on any atom is -0.451 e. The summed E-state index contributed by atoms with van der Waals surface area (Å²) in [4.78, 5) is 23.5. The van der Waals surface area contributed by atoms with Crippen LogP contribution in [0.25, 0.3) is 11.3 Å². The van der Waals surface area contributed by atoms with Crippen molar-refractivity contribution in [1.29, 1.82) is 0 Å². The standard InChI is InChI=1S/C16H16Cl2N2O3/c1-9(2)20-15(21)8-19-16(22)14-6-5-13(23-14)11-4-3-10(17)7-12(11)18/h3-7,9H,8H2,1-2H3,(H,19,22)(H,20,21). The lowest BCUT2D eigenvalue weighted by molar-refractivity contribution is -0.120. The van der Waals surface area contributed by atoms with Crippen LogP contribution in [0.2, 0.25) is 10.0 Å². The van der Waals surface area contributed by atoms with Crippen molar-refractivity contribution >= 4 is 35.0 Å². The highest BCUT2D eigenvalue weighted by molar-refractivity contribution is 6.36. The third-order valence-corrected chi connectivity index (χ3v) is 3.43. The van der Waals surface area contributed by atoms with Crippen LogP contribution in [0.4, 0.5) is 0 Å². The Balaban J connectivity index is 2.04. The SMILES string of the molecule is CC(C)NC(=O)CNC(=O)c1ccc(-c2ccc(Cl)cc2Cl)o1. The predicted molar refractivity (Wildman–Crippen MR) is 89.8 cm³/mol. The third kappa shape index (κ3) is 4.74. The second-order valence-electron chi connectivity index (χ2n) is 5.19. The smallest absolute Gasteiger partial charge is 0.287 e. The van der Waals surface area contributed by atoms with Gasteiger partial charge in [-0.1, -0.05) is 23.2 Å². The van der Waals surface area contributed by atoms with Gasteiger partial charge < -0.3 is 15.1 Å². The van der Waals surface area contributed by atoms with Gasteiger partial charge in [0.2, 0.25) is 5.91 Å². The Hall–Kier alpha value is -1.98. The lowest BCUT2D eigenvalue weighted by Crippen LogP contribution is -2.39. The van der Waals surface area contributed by atoms with E-state index in [0.717, 1.165) is 0 Å². The molecule has 2 N–H and O–H groups in total. The summed E-state index contributed by atoms with van der Waals surface area (Å²) in [6, 6.07) is 8.16. The van der Waals surface area contributed by atoms with Crippen LogP contribution < -0.4 is 10.6 Å². The van der Waals surface area contributed by atoms with Crippen LogP contribution in [0.5, 0.6) is 0 Å². The Labute approximate surface area is 144 Å². The van der Waals surface area contributed by atoms with Gasteiger partial charge in [0.05, 0.1) is 11.6 Å². The highest BCUT2D eigenvalue weighted by Crippen LogP contribution is 2.31. The predicted octanol–water partition coefficient (Wildman–Crippen LogP) is 3.51. The summed E-state index contributed by atoms with van der Waals surface area (Å²) in [5.74, 6) is -0.187. The fourth-order valence-corrected chi connectivity index (χ4v) is 2.42. The van der Waals surface area contributed by atoms with Gasteiger partial charge in [-0.3, -0.25) is 9.59 Å². The molecule has 2 amide bonds. The van der Waals surface area contributed by atoms with E-state index >= 15 is 0 Å². The molecule has 0 aliphatic carbocycles. The minimum absolute atomic E-state index is 0.0154. The molecule has 0 spiro atoms. The molecule has 2 rings (SSSR count). The number of carbonyl (C=O) groups excluding carboxylic acids is 2. The van der Waals surface area contributed by atoms with Crippen molar-refractivity contribution in [2.45, 2.75) is 19.9 Å². The normalized spacial score (nSPS) is 10.7. The van der Waals surface area contributed by atoms with Crippen LogP contribution >= 0.6 is 23.2 Å². The number of furan rings is 1. The second kappa shape index (κ2) is 7.53. The maximum absolute atomic E-state index is 12.0. The van der Waals surface area contributed by atoms with Gasteiger partial charge in [0.15, 0.2) is 5.76 Å². The Morgan fingerprint density at radius 3 is 2.57 bits per heavy atom. The zero-order valence-electron chi connectivity index (χ0n) is 12.7. The van der Waals surface area contributed by atoms with E-state index in [1.165, 1.54) is 6.07 Å². The van der Waals surface area contributed by atoms with Crippen LogP contribution in [0.3, 0.4) is 0 Å². The Morgan fingerprint density at radius 2 is 1.91 bits per heavy atom. The van der Waals surface area contributed by atoms with Gasteiger partial charge in [0.25, 0.3) is 5.91 Å². The van der Waals surface area contributed by atoms with Gasteiger partial charge in [-0.05, 0) is 44.2 Å². The van der Waals surface area contributed by atoms with Gasteiger partial charge in [0, 0.05) is 16.6 Å². The first-order chi connectivity index (χ1) is 10.9. The summed E-state index contributed by atoms with van der Waals surface area (Å²) < 4.78 is 5.49. The Kier molecular flexibility index (Phi) is 5.69. The van der Waals surface area contributed by atoms with Crippen LogP contribution in [-0.2, 0) is 4.79 Å². The summed E-state index contributed by atoms with van der Waals surface area (Å²) >= 11 is 12.0. The molecule has 0 aliphatic heterocycles. The molecule has 0 atom stereocenters. The number of nitrogens with one attached hydrogen (secondary N) is 2. The number of amides is 2. The van der Waals surface area contributed by atoms with Crippen molar-refractivity contribution in [3.8, 4) is 11.3 Å². The van der Waals surface area contributed by atoms with Crippen LogP contribution in [0, 0.1) is 0 Å². The number of hydrogen-bond acceptors (Lipinski definition) is 3. The van der Waals surface area contributed by atoms with Crippen LogP contribution in [0.1, 0.15) is 24.4 Å². The van der Waals surface area contributed by atoms with E-state index in [1.807, 2.05) is 13.8 Å². The third-order valence-electron chi connectivity index (χ3n) is 2.89. The summed E-state index contributed by atoms with van der Waals surface area (Å²) in [5, 5.41) is 6.11. The van der Waals surface area contributed by atoms with Gasteiger partial charge in [-0.15, -0.1) is 0 Å². The number of hydrogen-bond donors (Lipinski definition) is 2. The maximum atomic E-state index is 12.0. The molecule has 2 aromatic rings. The van der Waals surface area contributed by atoms with Gasteiger partial charge in [-0.2, -0.15) is 0 Å². The van der Waals surface area contributed by atoms with E-state index < -0.39 is 5.91 Å². The molecule has 23 heavy (non-hydrogen) atoms. The highest BCUT2D eigenvalue weighted by Gasteiger charge is 2.15. The van der Waals surface area contributed by atoms with Crippen molar-refractivity contribution in [2.24, 2.45) is 0 Å². The van der Waals surface area contributed by atoms with E-state index in [-0.39, 0.29) is 24.3 Å². The molecule has 5 nitrogen and oxygen atoms in total. The van der Waals surface area contributed by atoms with E-state index in [2.05, 4.69) is 10.6 Å². The van der Waals surface area contributed by atoms with Crippen molar-refractivity contribution in [2.75, 3.05) is 6.54 Å². The van der Waals surface area contributed by atoms with Crippen molar-refractivity contribution in [3.05, 3.63) is 46.1 Å². The summed E-state index contributed by atoms with van der Waals surface area (Å²) in [6.45, 7) is 3.57. The topological polar surface area (TPSA) is 71.3 Å². The molecule has 0 saturated carbocycles. The van der Waals surface area contributed by atoms with Crippen molar-refractivity contribution < 1.29 is 14.0 Å². The fourth-order valence-electron chi connectivity index (χ4n) is 1.91. The quantitative estimate of drug-likeness (QED) is 0.862. The van der Waals surface area contributed by atoms with Gasteiger partial charge in [-0.25, -0.2) is 0 Å². The number of halogens is 2. The first-order valence-corrected chi connectivity index (χ1v) is 7.75. The number of benzene rings is 1. The van der Waals surface area contributed by atoms with E-state index in [1.54, 1.807) is 24.3 Å². The summed E-state index contributed by atoms with van der Waals surface area (Å²) in [6.07, 6.45) is 0. The molecule has 0 aliphatic rings. The number of carbonyl (C=O) groups is 2. The fraction of sp³-hybridized carbons (Fsp3) is 0.250. The minimum atomic E-state index is -0.472. The maximum Gasteiger partial charge on any atom is 0.287 e. The first-order valence-electron chi connectivity index (χ1n) is 6.99. The molecule has 0 unspecified atom stereocenters. The largest absolute Gasteiger partial charge is 0.451 e. The van der Waals surface area contributed by atoms with Crippen LogP contribution in [-0.4, -0.2) is 24.4 Å². The molecule has 122 valence electrons. The molecular formula is C16H16Cl2N2O3.